The van der Waals surface area contributed by atoms with Gasteiger partial charge in [0.15, 0.2) is 0 Å². The number of ether oxygens (including phenoxy) is 1. The fraction of sp³-hybridized carbons (Fsp3) is 0.462. The number of esters is 1. The van der Waals surface area contributed by atoms with Crippen molar-refractivity contribution in [2.75, 3.05) is 7.11 Å². The second-order valence-corrected chi connectivity index (χ2v) is 5.09. The summed E-state index contributed by atoms with van der Waals surface area (Å²) < 4.78 is 26.6. The van der Waals surface area contributed by atoms with E-state index in [0.717, 1.165) is 24.0 Å². The van der Waals surface area contributed by atoms with E-state index >= 15 is 0 Å². The molecule has 0 spiro atoms. The molecule has 0 bridgehead atoms. The minimum Gasteiger partial charge on any atom is -0.465 e. The van der Waals surface area contributed by atoms with E-state index in [1.807, 2.05) is 13.0 Å². The highest BCUT2D eigenvalue weighted by Gasteiger charge is 2.15. The summed E-state index contributed by atoms with van der Waals surface area (Å²) in [5.41, 5.74) is 2.86. The zero-order valence-corrected chi connectivity index (χ0v) is 11.8. The minimum absolute atomic E-state index is 0.0265. The first kappa shape index (κ1) is 14.7. The molecule has 0 unspecified atom stereocenters. The fourth-order valence-electron chi connectivity index (χ4n) is 2.00. The molecule has 0 aliphatic rings. The number of thiol groups is 1. The third-order valence-electron chi connectivity index (χ3n) is 2.91. The quantitative estimate of drug-likeness (QED) is 0.655. The van der Waals surface area contributed by atoms with Crippen molar-refractivity contribution in [3.8, 4) is 0 Å². The monoisotopic (exact) mass is 270 g/mol. The van der Waals surface area contributed by atoms with E-state index in [4.69, 9.17) is 0 Å². The van der Waals surface area contributed by atoms with Crippen molar-refractivity contribution in [1.82, 2.24) is 0 Å². The van der Waals surface area contributed by atoms with Gasteiger partial charge in [-0.25, -0.2) is 13.2 Å². The van der Waals surface area contributed by atoms with Crippen LogP contribution in [0.5, 0.6) is 0 Å². The molecule has 18 heavy (non-hydrogen) atoms. The van der Waals surface area contributed by atoms with Crippen LogP contribution in [0.4, 0.5) is 0 Å². The maximum absolute atomic E-state index is 11.6. The summed E-state index contributed by atoms with van der Waals surface area (Å²) >= 11 is 0. The number of hydrogen-bond acceptors (Lipinski definition) is 4. The maximum atomic E-state index is 11.6. The van der Waals surface area contributed by atoms with Gasteiger partial charge in [-0.1, -0.05) is 19.4 Å². The van der Waals surface area contributed by atoms with Crippen molar-refractivity contribution in [2.45, 2.75) is 32.4 Å². The van der Waals surface area contributed by atoms with E-state index in [9.17, 15) is 13.2 Å². The van der Waals surface area contributed by atoms with Crippen LogP contribution in [0.25, 0.3) is 0 Å². The average molecular weight is 270 g/mol. The molecule has 0 heterocycles. The van der Waals surface area contributed by atoms with Crippen molar-refractivity contribution in [3.05, 3.63) is 34.4 Å². The summed E-state index contributed by atoms with van der Waals surface area (Å²) in [6, 6.07) is 3.52. The third-order valence-corrected chi connectivity index (χ3v) is 3.48. The maximum Gasteiger partial charge on any atom is 0.338 e. The van der Waals surface area contributed by atoms with Gasteiger partial charge in [0.1, 0.15) is 10.7 Å². The van der Waals surface area contributed by atoms with Crippen molar-refractivity contribution >= 4 is 16.7 Å². The van der Waals surface area contributed by atoms with Crippen LogP contribution < -0.4 is 0 Å². The molecule has 1 rings (SSSR count). The van der Waals surface area contributed by atoms with E-state index in [0.29, 0.717) is 11.1 Å². The Hall–Kier alpha value is -1.36. The van der Waals surface area contributed by atoms with Gasteiger partial charge in [0.05, 0.1) is 18.4 Å². The smallest absolute Gasteiger partial charge is 0.338 e. The van der Waals surface area contributed by atoms with Crippen LogP contribution in [-0.2, 0) is 27.6 Å². The molecule has 0 aromatic heterocycles. The third kappa shape index (κ3) is 3.32. The molecule has 100 valence electrons. The Morgan fingerprint density at radius 1 is 1.33 bits per heavy atom. The lowest BCUT2D eigenvalue weighted by molar-refractivity contribution is 0.0599. The molecule has 1 aromatic rings. The summed E-state index contributed by atoms with van der Waals surface area (Å²) in [6.45, 7) is 3.80. The number of carbonyl (C=O) groups is 1. The molecule has 0 amide bonds. The van der Waals surface area contributed by atoms with Gasteiger partial charge >= 0.3 is 5.97 Å². The predicted octanol–water partition coefficient (Wildman–Crippen LogP) is 1.85. The average Bonchev–Trinajstić information content (AvgIpc) is 2.33. The highest BCUT2D eigenvalue weighted by molar-refractivity contribution is 7.71. The van der Waals surface area contributed by atoms with Crippen LogP contribution in [0, 0.1) is 6.92 Å². The van der Waals surface area contributed by atoms with Crippen molar-refractivity contribution in [3.63, 3.8) is 0 Å². The van der Waals surface area contributed by atoms with Crippen LogP contribution in [0.1, 0.15) is 40.4 Å². The number of methoxy groups -OCH3 is 1. The van der Waals surface area contributed by atoms with Crippen molar-refractivity contribution in [1.29, 1.82) is 0 Å². The second-order valence-electron chi connectivity index (χ2n) is 4.11. The Morgan fingerprint density at radius 3 is 2.50 bits per heavy atom. The Kier molecular flexibility index (Phi) is 5.34. The largest absolute Gasteiger partial charge is 0.465 e. The Balaban J connectivity index is 3.33. The molecule has 0 aliphatic carbocycles. The topological polar surface area (TPSA) is 60.4 Å². The number of carbonyl (C=O) groups excluding carboxylic acids is 1. The molecule has 0 saturated heterocycles. The van der Waals surface area contributed by atoms with Gasteiger partial charge in [-0.15, -0.1) is 0 Å². The van der Waals surface area contributed by atoms with Crippen LogP contribution in [0.15, 0.2) is 12.1 Å². The van der Waals surface area contributed by atoms with Crippen molar-refractivity contribution < 1.29 is 17.9 Å². The predicted molar refractivity (Wildman–Crippen MR) is 70.5 cm³/mol. The van der Waals surface area contributed by atoms with Crippen LogP contribution in [0.2, 0.25) is 0 Å². The van der Waals surface area contributed by atoms with E-state index in [1.165, 1.54) is 7.11 Å². The zero-order valence-electron chi connectivity index (χ0n) is 10.9. The number of hydrogen-bond donors (Lipinski definition) is 1. The van der Waals surface area contributed by atoms with Crippen LogP contribution in [0.3, 0.4) is 0 Å². The normalized spacial score (nSPS) is 10.7. The zero-order chi connectivity index (χ0) is 13.7. The van der Waals surface area contributed by atoms with Crippen LogP contribution >= 0.6 is 0 Å². The first-order chi connectivity index (χ1) is 8.51. The summed E-state index contributed by atoms with van der Waals surface area (Å²) in [7, 11) is -1.19. The van der Waals surface area contributed by atoms with Gasteiger partial charge in [-0.3, -0.25) is 0 Å². The minimum atomic E-state index is -2.51. The number of aryl methyl sites for hydroxylation is 1. The Morgan fingerprint density at radius 2 is 2.00 bits per heavy atom. The molecule has 0 N–H and O–H groups in total. The van der Waals surface area contributed by atoms with E-state index in [-0.39, 0.29) is 5.75 Å². The van der Waals surface area contributed by atoms with Crippen molar-refractivity contribution in [2.24, 2.45) is 0 Å². The summed E-state index contributed by atoms with van der Waals surface area (Å²) in [5.74, 6) is -0.459. The molecular formula is C13H18O4S. The highest BCUT2D eigenvalue weighted by Crippen LogP contribution is 2.21. The first-order valence-electron chi connectivity index (χ1n) is 5.82. The molecular weight excluding hydrogens is 252 g/mol. The van der Waals surface area contributed by atoms with Gasteiger partial charge < -0.3 is 4.74 Å². The molecule has 0 saturated carbocycles. The number of benzene rings is 1. The van der Waals surface area contributed by atoms with Gasteiger partial charge in [0, 0.05) is 0 Å². The lowest BCUT2D eigenvalue weighted by Crippen LogP contribution is -2.08. The summed E-state index contributed by atoms with van der Waals surface area (Å²) in [4.78, 5) is 11.6. The molecule has 0 aliphatic heterocycles. The van der Waals surface area contributed by atoms with Gasteiger partial charge in [0.25, 0.3) is 0 Å². The van der Waals surface area contributed by atoms with E-state index in [1.54, 1.807) is 13.0 Å². The lowest BCUT2D eigenvalue weighted by atomic mass is 9.95. The van der Waals surface area contributed by atoms with Gasteiger partial charge in [-0.2, -0.15) is 0 Å². The molecule has 0 atom stereocenters. The van der Waals surface area contributed by atoms with Gasteiger partial charge in [-0.05, 0) is 36.1 Å². The molecule has 4 nitrogen and oxygen atoms in total. The molecule has 5 heteroatoms. The lowest BCUT2D eigenvalue weighted by Gasteiger charge is -2.13. The Labute approximate surface area is 109 Å². The molecule has 0 radical (unpaired) electrons. The summed E-state index contributed by atoms with van der Waals surface area (Å²) in [6.07, 6.45) is 1.74. The molecule has 1 aromatic carbocycles. The SMILES string of the molecule is CCCc1ccc(C(=O)OC)c(C)c1C[SH](=O)=O. The first-order valence-corrected chi connectivity index (χ1v) is 7.19. The van der Waals surface area contributed by atoms with Crippen LogP contribution in [-0.4, -0.2) is 21.5 Å². The highest BCUT2D eigenvalue weighted by atomic mass is 32.2. The van der Waals surface area contributed by atoms with E-state index < -0.39 is 16.7 Å². The summed E-state index contributed by atoms with van der Waals surface area (Å²) in [5, 5.41) is 0. The number of rotatable bonds is 5. The second kappa shape index (κ2) is 6.54. The van der Waals surface area contributed by atoms with E-state index in [2.05, 4.69) is 4.74 Å². The fourth-order valence-corrected chi connectivity index (χ4v) is 2.70. The molecule has 0 fully saturated rings. The van der Waals surface area contributed by atoms with Gasteiger partial charge in [0.2, 0.25) is 0 Å². The Bertz CT molecular complexity index is 510. The standard InChI is InChI=1S/C13H18O4S/c1-4-5-10-6-7-11(13(14)17-3)9(2)12(10)8-18(15)16/h6-7,18H,4-5,8H2,1-3H3.